The van der Waals surface area contributed by atoms with Gasteiger partial charge in [-0.25, -0.2) is 4.79 Å². The molecule has 1 aromatic carbocycles. The number of nitrogens with one attached hydrogen (secondary N) is 1. The van der Waals surface area contributed by atoms with Crippen molar-refractivity contribution in [2.24, 2.45) is 0 Å². The van der Waals surface area contributed by atoms with E-state index in [1.165, 1.54) is 5.56 Å². The molecule has 2 aromatic rings. The average molecular weight is 329 g/mol. The molecule has 0 fully saturated rings. The van der Waals surface area contributed by atoms with Gasteiger partial charge in [0.2, 0.25) is 0 Å². The van der Waals surface area contributed by atoms with Crippen LogP contribution in [0, 0.1) is 0 Å². The van der Waals surface area contributed by atoms with Crippen molar-refractivity contribution < 1.29 is 14.1 Å². The summed E-state index contributed by atoms with van der Waals surface area (Å²) < 4.78 is 10.9. The van der Waals surface area contributed by atoms with Gasteiger partial charge in [0.1, 0.15) is 23.8 Å². The van der Waals surface area contributed by atoms with Gasteiger partial charge in [-0.1, -0.05) is 23.4 Å². The molecule has 0 bridgehead atoms. The number of nitrogens with zero attached hydrogens (tertiary/aromatic N) is 2. The second-order valence-corrected chi connectivity index (χ2v) is 5.99. The van der Waals surface area contributed by atoms with Gasteiger partial charge >= 0.3 is 6.03 Å². The summed E-state index contributed by atoms with van der Waals surface area (Å²) in [7, 11) is 1.76. The second kappa shape index (κ2) is 7.86. The van der Waals surface area contributed by atoms with Crippen LogP contribution >= 0.6 is 0 Å². The number of amides is 2. The quantitative estimate of drug-likeness (QED) is 0.828. The van der Waals surface area contributed by atoms with Crippen LogP contribution in [0.4, 0.5) is 4.79 Å². The van der Waals surface area contributed by atoms with Gasteiger partial charge in [-0.15, -0.1) is 0 Å². The number of carbonyl (C=O) groups excluding carboxylic acids is 1. The molecular weight excluding hydrogens is 306 g/mol. The number of carbonyl (C=O) groups is 1. The van der Waals surface area contributed by atoms with Crippen molar-refractivity contribution >= 4 is 6.03 Å². The third kappa shape index (κ3) is 4.07. The van der Waals surface area contributed by atoms with Crippen LogP contribution in [0.2, 0.25) is 0 Å². The van der Waals surface area contributed by atoms with Gasteiger partial charge in [-0.2, -0.15) is 0 Å². The minimum atomic E-state index is -0.140. The van der Waals surface area contributed by atoms with Gasteiger partial charge in [0.15, 0.2) is 0 Å². The zero-order valence-corrected chi connectivity index (χ0v) is 14.0. The molecule has 1 aromatic heterocycles. The van der Waals surface area contributed by atoms with Gasteiger partial charge in [0.25, 0.3) is 0 Å². The lowest BCUT2D eigenvalue weighted by Crippen LogP contribution is -2.39. The van der Waals surface area contributed by atoms with Gasteiger partial charge in [0, 0.05) is 19.0 Å². The Labute approximate surface area is 141 Å². The van der Waals surface area contributed by atoms with Gasteiger partial charge in [-0.05, 0) is 31.4 Å². The predicted molar refractivity (Wildman–Crippen MR) is 89.9 cm³/mol. The third-order valence-electron chi connectivity index (χ3n) is 4.16. The Morgan fingerprint density at radius 1 is 1.29 bits per heavy atom. The molecule has 0 saturated carbocycles. The first-order valence-electron chi connectivity index (χ1n) is 8.37. The fourth-order valence-corrected chi connectivity index (χ4v) is 2.85. The van der Waals surface area contributed by atoms with Crippen LogP contribution in [0.1, 0.15) is 29.9 Å². The van der Waals surface area contributed by atoms with Crippen LogP contribution in [0.3, 0.4) is 0 Å². The van der Waals surface area contributed by atoms with Crippen molar-refractivity contribution in [3.8, 4) is 5.75 Å². The van der Waals surface area contributed by atoms with Crippen molar-refractivity contribution in [2.75, 3.05) is 20.2 Å². The van der Waals surface area contributed by atoms with Crippen LogP contribution in [0.5, 0.6) is 5.75 Å². The molecule has 1 aliphatic rings. The molecule has 1 aliphatic carbocycles. The van der Waals surface area contributed by atoms with Crippen molar-refractivity contribution in [1.29, 1.82) is 0 Å². The summed E-state index contributed by atoms with van der Waals surface area (Å²) in [4.78, 5) is 13.8. The highest BCUT2D eigenvalue weighted by molar-refractivity contribution is 5.73. The van der Waals surface area contributed by atoms with Gasteiger partial charge < -0.3 is 19.5 Å². The zero-order chi connectivity index (χ0) is 16.8. The topological polar surface area (TPSA) is 67.6 Å². The van der Waals surface area contributed by atoms with E-state index in [9.17, 15) is 4.79 Å². The number of hydrogen-bond donors (Lipinski definition) is 1. The van der Waals surface area contributed by atoms with Crippen LogP contribution < -0.4 is 10.1 Å². The summed E-state index contributed by atoms with van der Waals surface area (Å²) in [5, 5.41) is 6.98. The lowest BCUT2D eigenvalue weighted by atomic mass is 9.96. The van der Waals surface area contributed by atoms with E-state index in [0.29, 0.717) is 19.7 Å². The Balaban J connectivity index is 1.42. The molecule has 1 heterocycles. The number of hydrogen-bond acceptors (Lipinski definition) is 4. The number of benzene rings is 1. The molecule has 24 heavy (non-hydrogen) atoms. The first kappa shape index (κ1) is 16.4. The molecular formula is C18H23N3O3. The summed E-state index contributed by atoms with van der Waals surface area (Å²) >= 11 is 0. The summed E-state index contributed by atoms with van der Waals surface area (Å²) in [5.41, 5.74) is 2.07. The van der Waals surface area contributed by atoms with E-state index in [4.69, 9.17) is 9.26 Å². The van der Waals surface area contributed by atoms with Crippen molar-refractivity contribution in [3.05, 3.63) is 47.3 Å². The Hall–Kier alpha value is -2.50. The lowest BCUT2D eigenvalue weighted by molar-refractivity contribution is 0.202. The van der Waals surface area contributed by atoms with Crippen LogP contribution in [0.15, 0.2) is 34.9 Å². The van der Waals surface area contributed by atoms with E-state index < -0.39 is 0 Å². The first-order chi connectivity index (χ1) is 11.7. The highest BCUT2D eigenvalue weighted by Gasteiger charge is 2.21. The SMILES string of the molecule is CN(Cc1noc2c1CCCC2)C(=O)NCCOc1ccccc1. The standard InChI is InChI=1S/C18H23N3O3/c1-21(13-16-15-9-5-6-10-17(15)24-20-16)18(22)19-11-12-23-14-7-3-2-4-8-14/h2-4,7-8H,5-6,9-13H2,1H3,(H,19,22). The molecule has 1 N–H and O–H groups in total. The maximum atomic E-state index is 12.1. The summed E-state index contributed by atoms with van der Waals surface area (Å²) in [6.07, 6.45) is 4.26. The molecule has 3 rings (SSSR count). The van der Waals surface area contributed by atoms with Crippen LogP contribution in [0.25, 0.3) is 0 Å². The molecule has 2 amide bonds. The predicted octanol–water partition coefficient (Wildman–Crippen LogP) is 2.77. The van der Waals surface area contributed by atoms with Crippen molar-refractivity contribution in [3.63, 3.8) is 0 Å². The number of para-hydroxylation sites is 1. The van der Waals surface area contributed by atoms with E-state index in [0.717, 1.165) is 42.9 Å². The minimum absolute atomic E-state index is 0.140. The zero-order valence-electron chi connectivity index (χ0n) is 14.0. The Morgan fingerprint density at radius 3 is 2.92 bits per heavy atom. The molecule has 6 nitrogen and oxygen atoms in total. The van der Waals surface area contributed by atoms with Crippen molar-refractivity contribution in [1.82, 2.24) is 15.4 Å². The third-order valence-corrected chi connectivity index (χ3v) is 4.16. The summed E-state index contributed by atoms with van der Waals surface area (Å²) in [6, 6.07) is 9.41. The van der Waals surface area contributed by atoms with E-state index in [-0.39, 0.29) is 6.03 Å². The summed E-state index contributed by atoms with van der Waals surface area (Å²) in [6.45, 7) is 1.35. The molecule has 0 aliphatic heterocycles. The fourth-order valence-electron chi connectivity index (χ4n) is 2.85. The van der Waals surface area contributed by atoms with E-state index in [1.807, 2.05) is 30.3 Å². The molecule has 0 saturated heterocycles. The maximum absolute atomic E-state index is 12.1. The summed E-state index contributed by atoms with van der Waals surface area (Å²) in [5.74, 6) is 1.79. The van der Waals surface area contributed by atoms with Gasteiger partial charge in [0.05, 0.1) is 13.1 Å². The average Bonchev–Trinajstić information content (AvgIpc) is 3.02. The smallest absolute Gasteiger partial charge is 0.317 e. The normalized spacial score (nSPS) is 13.2. The molecule has 0 radical (unpaired) electrons. The monoisotopic (exact) mass is 329 g/mol. The van der Waals surface area contributed by atoms with Gasteiger partial charge in [-0.3, -0.25) is 0 Å². The highest BCUT2D eigenvalue weighted by Crippen LogP contribution is 2.24. The molecule has 0 atom stereocenters. The maximum Gasteiger partial charge on any atom is 0.317 e. The van der Waals surface area contributed by atoms with E-state index in [1.54, 1.807) is 11.9 Å². The molecule has 0 spiro atoms. The number of aryl methyl sites for hydroxylation is 1. The Kier molecular flexibility index (Phi) is 5.36. The lowest BCUT2D eigenvalue weighted by Gasteiger charge is -2.18. The molecule has 128 valence electrons. The number of fused-ring (bicyclic) bond motifs is 1. The number of ether oxygens (including phenoxy) is 1. The Morgan fingerprint density at radius 2 is 2.08 bits per heavy atom. The van der Waals surface area contributed by atoms with Crippen molar-refractivity contribution in [2.45, 2.75) is 32.2 Å². The second-order valence-electron chi connectivity index (χ2n) is 5.99. The first-order valence-corrected chi connectivity index (χ1v) is 8.37. The Bertz CT molecular complexity index is 669. The molecule has 0 unspecified atom stereocenters. The number of rotatable bonds is 6. The largest absolute Gasteiger partial charge is 0.492 e. The minimum Gasteiger partial charge on any atom is -0.492 e. The van der Waals surface area contributed by atoms with Crippen LogP contribution in [-0.4, -0.2) is 36.3 Å². The fraction of sp³-hybridized carbons (Fsp3) is 0.444. The highest BCUT2D eigenvalue weighted by atomic mass is 16.5. The molecule has 6 heteroatoms. The van der Waals surface area contributed by atoms with E-state index >= 15 is 0 Å². The van der Waals surface area contributed by atoms with Crippen LogP contribution in [-0.2, 0) is 19.4 Å². The van der Waals surface area contributed by atoms with E-state index in [2.05, 4.69) is 10.5 Å². The number of urea groups is 1. The number of aromatic nitrogens is 1.